The number of fused-ring (bicyclic) bond motifs is 1. The van der Waals surface area contributed by atoms with Crippen molar-refractivity contribution in [3.05, 3.63) is 30.0 Å². The maximum atomic E-state index is 14.3. The van der Waals surface area contributed by atoms with E-state index in [1.807, 2.05) is 0 Å². The summed E-state index contributed by atoms with van der Waals surface area (Å²) in [5, 5.41) is 20.9. The predicted molar refractivity (Wildman–Crippen MR) is 89.4 cm³/mol. The summed E-state index contributed by atoms with van der Waals surface area (Å²) in [5.74, 6) is 0.573. The number of hydrogen-bond acceptors (Lipinski definition) is 6. The van der Waals surface area contributed by atoms with Gasteiger partial charge in [-0.25, -0.2) is 4.39 Å². The molecular weight excluding hydrogens is 325 g/mol. The number of aromatic amines is 1. The highest BCUT2D eigenvalue weighted by molar-refractivity contribution is 5.92. The smallest absolute Gasteiger partial charge is 0.230 e. The molecule has 0 saturated carbocycles. The Labute approximate surface area is 143 Å². The molecule has 2 N–H and O–H groups in total. The highest BCUT2D eigenvalue weighted by Gasteiger charge is 2.27. The Kier molecular flexibility index (Phi) is 4.22. The van der Waals surface area contributed by atoms with Crippen LogP contribution in [0.15, 0.2) is 22.9 Å². The van der Waals surface area contributed by atoms with Gasteiger partial charge in [0, 0.05) is 17.8 Å². The number of rotatable bonds is 4. The van der Waals surface area contributed by atoms with Crippen molar-refractivity contribution in [3.63, 3.8) is 0 Å². The number of piperidine rings is 1. The van der Waals surface area contributed by atoms with Gasteiger partial charge in [-0.15, -0.1) is 0 Å². The van der Waals surface area contributed by atoms with E-state index >= 15 is 0 Å². The highest BCUT2D eigenvalue weighted by atomic mass is 19.1. The van der Waals surface area contributed by atoms with Crippen molar-refractivity contribution in [2.24, 2.45) is 0 Å². The van der Waals surface area contributed by atoms with Crippen LogP contribution in [0.1, 0.15) is 31.6 Å². The number of H-pyrrole nitrogens is 1. The van der Waals surface area contributed by atoms with Crippen LogP contribution in [0.5, 0.6) is 0 Å². The fourth-order valence-electron chi connectivity index (χ4n) is 3.46. The normalized spacial score (nSPS) is 18.0. The largest absolute Gasteiger partial charge is 0.392 e. The number of aromatic nitrogens is 4. The standard InChI is InChI=1S/C17H20FN5O2/c1-10(24)9-23-6-4-11(5-7-23)17-20-16(22-25-17)15-12-8-19-21-14(12)3-2-13(15)18/h2-3,8,10-11,24H,4-7,9H2,1H3,(H,19,21). The quantitative estimate of drug-likeness (QED) is 0.754. The molecule has 1 aromatic carbocycles. The van der Waals surface area contributed by atoms with Crippen LogP contribution >= 0.6 is 0 Å². The molecule has 3 aromatic rings. The predicted octanol–water partition coefficient (Wildman–Crippen LogP) is 2.31. The van der Waals surface area contributed by atoms with Crippen molar-refractivity contribution in [2.75, 3.05) is 19.6 Å². The lowest BCUT2D eigenvalue weighted by Crippen LogP contribution is -2.37. The molecule has 0 aliphatic carbocycles. The molecule has 1 aliphatic heterocycles. The minimum Gasteiger partial charge on any atom is -0.392 e. The third-order valence-corrected chi connectivity index (χ3v) is 4.70. The lowest BCUT2D eigenvalue weighted by atomic mass is 9.96. The summed E-state index contributed by atoms with van der Waals surface area (Å²) < 4.78 is 19.7. The highest BCUT2D eigenvalue weighted by Crippen LogP contribution is 2.32. The molecule has 132 valence electrons. The molecule has 0 radical (unpaired) electrons. The van der Waals surface area contributed by atoms with Gasteiger partial charge < -0.3 is 14.5 Å². The van der Waals surface area contributed by atoms with Crippen molar-refractivity contribution in [1.82, 2.24) is 25.2 Å². The van der Waals surface area contributed by atoms with Crippen molar-refractivity contribution in [1.29, 1.82) is 0 Å². The third-order valence-electron chi connectivity index (χ3n) is 4.70. The van der Waals surface area contributed by atoms with Gasteiger partial charge in [-0.1, -0.05) is 5.16 Å². The zero-order valence-corrected chi connectivity index (χ0v) is 13.9. The topological polar surface area (TPSA) is 91.1 Å². The Morgan fingerprint density at radius 1 is 1.40 bits per heavy atom. The van der Waals surface area contributed by atoms with Gasteiger partial charge in [-0.05, 0) is 45.0 Å². The monoisotopic (exact) mass is 345 g/mol. The Balaban J connectivity index is 1.55. The van der Waals surface area contributed by atoms with Gasteiger partial charge in [0.05, 0.1) is 23.4 Å². The van der Waals surface area contributed by atoms with E-state index < -0.39 is 5.82 Å². The molecule has 1 unspecified atom stereocenters. The molecule has 1 aliphatic rings. The first kappa shape index (κ1) is 16.2. The summed E-state index contributed by atoms with van der Waals surface area (Å²) in [7, 11) is 0. The van der Waals surface area contributed by atoms with E-state index in [-0.39, 0.29) is 17.8 Å². The summed E-state index contributed by atoms with van der Waals surface area (Å²) in [6, 6.07) is 3.01. The van der Waals surface area contributed by atoms with Crippen molar-refractivity contribution in [3.8, 4) is 11.4 Å². The van der Waals surface area contributed by atoms with Crippen LogP contribution in [-0.4, -0.2) is 56.1 Å². The van der Waals surface area contributed by atoms with Crippen LogP contribution in [0.25, 0.3) is 22.3 Å². The zero-order chi connectivity index (χ0) is 17.4. The maximum Gasteiger partial charge on any atom is 0.230 e. The van der Waals surface area contributed by atoms with Gasteiger partial charge in [0.2, 0.25) is 11.7 Å². The lowest BCUT2D eigenvalue weighted by molar-refractivity contribution is 0.105. The van der Waals surface area contributed by atoms with Crippen LogP contribution < -0.4 is 0 Å². The molecule has 4 rings (SSSR count). The van der Waals surface area contributed by atoms with Gasteiger partial charge in [0.25, 0.3) is 0 Å². The van der Waals surface area contributed by atoms with Crippen LogP contribution in [0.3, 0.4) is 0 Å². The number of aliphatic hydroxyl groups is 1. The molecule has 1 saturated heterocycles. The SMILES string of the molecule is CC(O)CN1CCC(c2nc(-c3c(F)ccc4[nH]ncc34)no2)CC1. The Morgan fingerprint density at radius 3 is 2.96 bits per heavy atom. The number of aliphatic hydroxyl groups excluding tert-OH is 1. The number of nitrogens with one attached hydrogen (secondary N) is 1. The molecule has 25 heavy (non-hydrogen) atoms. The van der Waals surface area contributed by atoms with E-state index in [1.165, 1.54) is 6.07 Å². The molecule has 0 bridgehead atoms. The van der Waals surface area contributed by atoms with Gasteiger partial charge >= 0.3 is 0 Å². The van der Waals surface area contributed by atoms with E-state index in [0.29, 0.717) is 23.4 Å². The van der Waals surface area contributed by atoms with E-state index in [9.17, 15) is 9.50 Å². The second-order valence-corrected chi connectivity index (χ2v) is 6.63. The van der Waals surface area contributed by atoms with Gasteiger partial charge in [-0.2, -0.15) is 10.1 Å². The number of β-amino-alcohol motifs (C(OH)–C–C–N with tert-alkyl or cyclic N) is 1. The molecule has 0 amide bonds. The summed E-state index contributed by atoms with van der Waals surface area (Å²) in [4.78, 5) is 6.68. The Morgan fingerprint density at radius 2 is 2.20 bits per heavy atom. The second-order valence-electron chi connectivity index (χ2n) is 6.63. The maximum absolute atomic E-state index is 14.3. The summed E-state index contributed by atoms with van der Waals surface area (Å²) in [6.07, 6.45) is 3.00. The Bertz CT molecular complexity index is 867. The summed E-state index contributed by atoms with van der Waals surface area (Å²) in [5.41, 5.74) is 1.04. The van der Waals surface area contributed by atoms with Crippen molar-refractivity contribution < 1.29 is 14.0 Å². The van der Waals surface area contributed by atoms with Gasteiger partial charge in [0.15, 0.2) is 0 Å². The van der Waals surface area contributed by atoms with E-state index in [0.717, 1.165) is 31.4 Å². The van der Waals surface area contributed by atoms with Crippen LogP contribution in [-0.2, 0) is 0 Å². The first-order valence-electron chi connectivity index (χ1n) is 8.48. The first-order valence-corrected chi connectivity index (χ1v) is 8.48. The molecule has 0 spiro atoms. The van der Waals surface area contributed by atoms with Gasteiger partial charge in [-0.3, -0.25) is 5.10 Å². The van der Waals surface area contributed by atoms with E-state index in [2.05, 4.69) is 25.2 Å². The minimum absolute atomic E-state index is 0.165. The van der Waals surface area contributed by atoms with Crippen LogP contribution in [0.4, 0.5) is 4.39 Å². The van der Waals surface area contributed by atoms with E-state index in [1.54, 1.807) is 19.2 Å². The van der Waals surface area contributed by atoms with Crippen LogP contribution in [0, 0.1) is 5.82 Å². The number of benzene rings is 1. The Hall–Kier alpha value is -2.32. The third kappa shape index (κ3) is 3.14. The lowest BCUT2D eigenvalue weighted by Gasteiger charge is -2.30. The van der Waals surface area contributed by atoms with Crippen molar-refractivity contribution in [2.45, 2.75) is 31.8 Å². The molecule has 7 nitrogen and oxygen atoms in total. The molecular formula is C17H20FN5O2. The fraction of sp³-hybridized carbons (Fsp3) is 0.471. The second kappa shape index (κ2) is 6.53. The summed E-state index contributed by atoms with van der Waals surface area (Å²) in [6.45, 7) is 4.22. The number of hydrogen-bond donors (Lipinski definition) is 2. The first-order chi connectivity index (χ1) is 12.1. The average Bonchev–Trinajstić information content (AvgIpc) is 3.24. The zero-order valence-electron chi connectivity index (χ0n) is 13.9. The van der Waals surface area contributed by atoms with Crippen LogP contribution in [0.2, 0.25) is 0 Å². The molecule has 3 heterocycles. The molecule has 1 atom stereocenters. The number of likely N-dealkylation sites (tertiary alicyclic amines) is 1. The number of nitrogens with zero attached hydrogens (tertiary/aromatic N) is 4. The number of halogens is 1. The molecule has 2 aromatic heterocycles. The fourth-order valence-corrected chi connectivity index (χ4v) is 3.46. The van der Waals surface area contributed by atoms with Gasteiger partial charge in [0.1, 0.15) is 5.82 Å². The minimum atomic E-state index is -0.395. The molecule has 8 heteroatoms. The van der Waals surface area contributed by atoms with Crippen molar-refractivity contribution >= 4 is 10.9 Å². The molecule has 1 fully saturated rings. The van der Waals surface area contributed by atoms with E-state index in [4.69, 9.17) is 4.52 Å². The summed E-state index contributed by atoms with van der Waals surface area (Å²) >= 11 is 0. The average molecular weight is 345 g/mol.